The first-order valence-electron chi connectivity index (χ1n) is 9.85. The molecule has 0 aromatic heterocycles. The van der Waals surface area contributed by atoms with Crippen LogP contribution >= 0.6 is 0 Å². The first kappa shape index (κ1) is 25.5. The van der Waals surface area contributed by atoms with Gasteiger partial charge in [0.1, 0.15) is 0 Å². The van der Waals surface area contributed by atoms with E-state index in [1.54, 1.807) is 36.1 Å². The first-order valence-corrected chi connectivity index (χ1v) is 9.85. The largest absolute Gasteiger partial charge is 4.00 e. The van der Waals surface area contributed by atoms with Crippen LogP contribution in [0.2, 0.25) is 0 Å². The van der Waals surface area contributed by atoms with E-state index in [0.717, 1.165) is 0 Å². The van der Waals surface area contributed by atoms with E-state index in [4.69, 9.17) is 5.11 Å². The van der Waals surface area contributed by atoms with E-state index in [1.165, 1.54) is 51.4 Å². The monoisotopic (exact) mass is 430 g/mol. The Hall–Kier alpha value is -0.457. The Morgan fingerprint density at radius 2 is 1.23 bits per heavy atom. The molecular weight excluding hydrogens is 395 g/mol. The summed E-state index contributed by atoms with van der Waals surface area (Å²) in [7, 11) is 0. The summed E-state index contributed by atoms with van der Waals surface area (Å²) in [5, 5.41) is 8.30. The van der Waals surface area contributed by atoms with Crippen molar-refractivity contribution in [1.29, 1.82) is 0 Å². The van der Waals surface area contributed by atoms with E-state index in [9.17, 15) is 0 Å². The molecule has 26 heavy (non-hydrogen) atoms. The van der Waals surface area contributed by atoms with Crippen molar-refractivity contribution < 1.29 is 31.3 Å². The maximum absolute atomic E-state index is 8.30. The Balaban J connectivity index is 0.000000352. The van der Waals surface area contributed by atoms with E-state index in [2.05, 4.69) is 50.2 Å². The summed E-state index contributed by atoms with van der Waals surface area (Å²) < 4.78 is 0. The van der Waals surface area contributed by atoms with Gasteiger partial charge in [-0.05, 0) is 6.92 Å². The molecule has 2 aliphatic rings. The van der Waals surface area contributed by atoms with Crippen LogP contribution in [0, 0.1) is 13.8 Å². The van der Waals surface area contributed by atoms with E-state index >= 15 is 0 Å². The summed E-state index contributed by atoms with van der Waals surface area (Å²) in [6, 6.07) is 13.4. The minimum absolute atomic E-state index is 0. The third-order valence-electron chi connectivity index (χ3n) is 4.72. The van der Waals surface area contributed by atoms with Crippen LogP contribution in [-0.2, 0) is 51.9 Å². The van der Waals surface area contributed by atoms with Crippen molar-refractivity contribution in [3.05, 3.63) is 72.5 Å². The van der Waals surface area contributed by atoms with Gasteiger partial charge in [-0.25, -0.2) is 12.1 Å². The van der Waals surface area contributed by atoms with Gasteiger partial charge in [0.2, 0.25) is 0 Å². The molecule has 0 spiro atoms. The third kappa shape index (κ3) is 9.47. The molecule has 1 unspecified atom stereocenters. The number of aryl methyl sites for hydroxylation is 4. The van der Waals surface area contributed by atoms with Crippen LogP contribution in [0.4, 0.5) is 0 Å². The molecule has 2 aromatic rings. The zero-order valence-corrected chi connectivity index (χ0v) is 19.2. The number of aliphatic hydroxyl groups excluding tert-OH is 1. The SMILES string of the molecule is [CH2-]C.[CH2-]CC(C)O.[Zr+4].c1cc2c([cH-]1)CCCC2.c1cc2c([cH-]1)CCCC2. The van der Waals surface area contributed by atoms with Crippen LogP contribution in [0.1, 0.15) is 68.2 Å². The van der Waals surface area contributed by atoms with Crippen molar-refractivity contribution in [2.75, 3.05) is 0 Å². The van der Waals surface area contributed by atoms with Gasteiger partial charge in [0.15, 0.2) is 0 Å². The standard InChI is InChI=1S/2C9H11.C4H9O.C2H5.Zr/c2*1-2-5-9-7-3-6-8(9)4-1;1-3-4(2)5;1-2;/h2*3,6-7H,1-2,4-5H2;4-5H,1,3H2,2H3;1H2,2H3;/q4*-1;+4. The van der Waals surface area contributed by atoms with Crippen LogP contribution in [0.15, 0.2) is 36.4 Å². The van der Waals surface area contributed by atoms with Gasteiger partial charge in [0.25, 0.3) is 0 Å². The minimum Gasteiger partial charge on any atom is -0.396 e. The molecule has 2 aromatic carbocycles. The molecule has 0 aliphatic heterocycles. The summed E-state index contributed by atoms with van der Waals surface area (Å²) in [4.78, 5) is 0. The van der Waals surface area contributed by atoms with E-state index in [0.29, 0.717) is 6.42 Å². The number of hydrogen-bond acceptors (Lipinski definition) is 1. The van der Waals surface area contributed by atoms with Crippen LogP contribution in [0.5, 0.6) is 0 Å². The van der Waals surface area contributed by atoms with Gasteiger partial charge < -0.3 is 19.0 Å². The smallest absolute Gasteiger partial charge is 0.396 e. The summed E-state index contributed by atoms with van der Waals surface area (Å²) in [6.07, 6.45) is 11.3. The van der Waals surface area contributed by atoms with Crippen molar-refractivity contribution in [3.63, 3.8) is 0 Å². The molecule has 142 valence electrons. The number of hydrogen-bond donors (Lipinski definition) is 1. The molecule has 0 saturated heterocycles. The summed E-state index contributed by atoms with van der Waals surface area (Å²) >= 11 is 0. The van der Waals surface area contributed by atoms with Gasteiger partial charge in [0.05, 0.1) is 0 Å². The molecule has 0 heterocycles. The Morgan fingerprint density at radius 1 is 0.885 bits per heavy atom. The van der Waals surface area contributed by atoms with Gasteiger partial charge >= 0.3 is 26.2 Å². The van der Waals surface area contributed by atoms with E-state index in [1.807, 2.05) is 0 Å². The van der Waals surface area contributed by atoms with Crippen molar-refractivity contribution in [3.8, 4) is 0 Å². The normalized spacial score (nSPS) is 15.1. The molecule has 1 atom stereocenters. The zero-order valence-electron chi connectivity index (χ0n) is 16.8. The summed E-state index contributed by atoms with van der Waals surface area (Å²) in [5.74, 6) is 0. The second kappa shape index (κ2) is 15.6. The quantitative estimate of drug-likeness (QED) is 0.549. The molecule has 0 bridgehead atoms. The fraction of sp³-hybridized carbons (Fsp3) is 0.500. The Morgan fingerprint density at radius 3 is 1.54 bits per heavy atom. The average Bonchev–Trinajstić information content (AvgIpc) is 3.33. The molecule has 0 amide bonds. The van der Waals surface area contributed by atoms with Crippen molar-refractivity contribution in [2.24, 2.45) is 0 Å². The number of rotatable bonds is 1. The van der Waals surface area contributed by atoms with Crippen LogP contribution in [0.25, 0.3) is 0 Å². The predicted octanol–water partition coefficient (Wildman–Crippen LogP) is 6.00. The molecular formula is C24H36OZr. The molecule has 2 heteroatoms. The van der Waals surface area contributed by atoms with E-state index < -0.39 is 0 Å². The second-order valence-corrected chi connectivity index (χ2v) is 6.70. The molecule has 4 rings (SSSR count). The zero-order chi connectivity index (χ0) is 18.5. The molecule has 0 saturated carbocycles. The van der Waals surface area contributed by atoms with Crippen molar-refractivity contribution in [2.45, 2.75) is 77.7 Å². The van der Waals surface area contributed by atoms with Crippen LogP contribution in [-0.4, -0.2) is 11.2 Å². The minimum atomic E-state index is -0.227. The average molecular weight is 432 g/mol. The van der Waals surface area contributed by atoms with Crippen molar-refractivity contribution in [1.82, 2.24) is 0 Å². The summed E-state index contributed by atoms with van der Waals surface area (Å²) in [6.45, 7) is 10.2. The maximum Gasteiger partial charge on any atom is 4.00 e. The van der Waals surface area contributed by atoms with E-state index in [-0.39, 0.29) is 32.3 Å². The fourth-order valence-corrected chi connectivity index (χ4v) is 3.23. The van der Waals surface area contributed by atoms with Gasteiger partial charge in [-0.3, -0.25) is 0 Å². The molecule has 0 radical (unpaired) electrons. The number of aliphatic hydroxyl groups is 1. The molecule has 1 N–H and O–H groups in total. The third-order valence-corrected chi connectivity index (χ3v) is 4.72. The molecule has 0 fully saturated rings. The summed E-state index contributed by atoms with van der Waals surface area (Å²) in [5.41, 5.74) is 6.39. The van der Waals surface area contributed by atoms with Crippen LogP contribution < -0.4 is 0 Å². The maximum atomic E-state index is 8.30. The number of fused-ring (bicyclic) bond motifs is 2. The Kier molecular flexibility index (Phi) is 15.3. The Labute approximate surface area is 181 Å². The van der Waals surface area contributed by atoms with Crippen LogP contribution in [0.3, 0.4) is 0 Å². The van der Waals surface area contributed by atoms with Gasteiger partial charge in [0, 0.05) is 6.10 Å². The second-order valence-electron chi connectivity index (χ2n) is 6.70. The van der Waals surface area contributed by atoms with Gasteiger partial charge in [-0.1, -0.05) is 51.4 Å². The fourth-order valence-electron chi connectivity index (χ4n) is 3.23. The van der Waals surface area contributed by atoms with Gasteiger partial charge in [-0.15, -0.1) is 0 Å². The molecule has 1 nitrogen and oxygen atoms in total. The Bertz CT molecular complexity index is 463. The predicted molar refractivity (Wildman–Crippen MR) is 110 cm³/mol. The topological polar surface area (TPSA) is 20.2 Å². The molecule has 2 aliphatic carbocycles. The van der Waals surface area contributed by atoms with Crippen molar-refractivity contribution >= 4 is 0 Å². The van der Waals surface area contributed by atoms with Gasteiger partial charge in [-0.2, -0.15) is 59.9 Å². The first-order chi connectivity index (χ1) is 12.2.